The minimum atomic E-state index is 0.517. The monoisotopic (exact) mass is 232 g/mol. The van der Waals surface area contributed by atoms with Gasteiger partial charge in [-0.2, -0.15) is 0 Å². The Kier molecular flexibility index (Phi) is 4.64. The van der Waals surface area contributed by atoms with Crippen molar-refractivity contribution in [1.29, 1.82) is 0 Å². The van der Waals surface area contributed by atoms with E-state index in [2.05, 4.69) is 17.1 Å². The van der Waals surface area contributed by atoms with Gasteiger partial charge in [0.1, 0.15) is 0 Å². The van der Waals surface area contributed by atoms with Crippen LogP contribution in [-0.4, -0.2) is 36.1 Å². The Bertz CT molecular complexity index is 274. The fraction of sp³-hybridized carbons (Fsp3) is 0.750. The maximum Gasteiger partial charge on any atom is 0.208 e. The average Bonchev–Trinajstić information content (AvgIpc) is 2.53. The topological polar surface area (TPSA) is 55.0 Å². The highest BCUT2D eigenvalue weighted by Crippen LogP contribution is 2.30. The van der Waals surface area contributed by atoms with Crippen LogP contribution >= 0.6 is 23.1 Å². The molecule has 1 aromatic heterocycles. The lowest BCUT2D eigenvalue weighted by molar-refractivity contribution is 0.821. The molecule has 0 fully saturated rings. The maximum absolute atomic E-state index is 5.48. The SMILES string of the molecule is CC(CCN)Sc1nnc(N(C)C)s1. The first kappa shape index (κ1) is 11.7. The van der Waals surface area contributed by atoms with Crippen LogP contribution in [0.4, 0.5) is 5.13 Å². The summed E-state index contributed by atoms with van der Waals surface area (Å²) in [4.78, 5) is 1.97. The fourth-order valence-electron chi connectivity index (χ4n) is 0.897. The van der Waals surface area contributed by atoms with Crippen molar-refractivity contribution >= 4 is 28.2 Å². The van der Waals surface area contributed by atoms with Gasteiger partial charge in [0.15, 0.2) is 4.34 Å². The molecule has 1 unspecified atom stereocenters. The first-order chi connectivity index (χ1) is 6.63. The molecule has 1 rings (SSSR count). The van der Waals surface area contributed by atoms with E-state index in [0.29, 0.717) is 5.25 Å². The summed E-state index contributed by atoms with van der Waals surface area (Å²) in [5.74, 6) is 0. The Morgan fingerprint density at radius 1 is 1.50 bits per heavy atom. The van der Waals surface area contributed by atoms with Crippen LogP contribution in [0, 0.1) is 0 Å². The third-order valence-electron chi connectivity index (χ3n) is 1.65. The van der Waals surface area contributed by atoms with Crippen molar-refractivity contribution in [2.75, 3.05) is 25.5 Å². The fourth-order valence-corrected chi connectivity index (χ4v) is 2.99. The molecule has 2 N–H and O–H groups in total. The van der Waals surface area contributed by atoms with E-state index in [9.17, 15) is 0 Å². The predicted molar refractivity (Wildman–Crippen MR) is 63.2 cm³/mol. The van der Waals surface area contributed by atoms with Crippen LogP contribution in [0.15, 0.2) is 4.34 Å². The molecule has 1 aromatic rings. The van der Waals surface area contributed by atoms with Crippen LogP contribution in [0.5, 0.6) is 0 Å². The van der Waals surface area contributed by atoms with Crippen molar-refractivity contribution in [3.8, 4) is 0 Å². The normalized spacial score (nSPS) is 12.9. The van der Waals surface area contributed by atoms with Crippen molar-refractivity contribution < 1.29 is 0 Å². The molecule has 0 saturated carbocycles. The summed E-state index contributed by atoms with van der Waals surface area (Å²) >= 11 is 3.37. The van der Waals surface area contributed by atoms with Gasteiger partial charge in [-0.3, -0.25) is 0 Å². The van der Waals surface area contributed by atoms with Gasteiger partial charge in [0.05, 0.1) is 0 Å². The lowest BCUT2D eigenvalue weighted by Crippen LogP contribution is -2.07. The molecule has 0 aliphatic carbocycles. The zero-order valence-electron chi connectivity index (χ0n) is 8.73. The molecule has 80 valence electrons. The largest absolute Gasteiger partial charge is 0.353 e. The molecule has 0 bridgehead atoms. The van der Waals surface area contributed by atoms with Gasteiger partial charge in [-0.15, -0.1) is 10.2 Å². The van der Waals surface area contributed by atoms with Gasteiger partial charge in [0.2, 0.25) is 5.13 Å². The van der Waals surface area contributed by atoms with Gasteiger partial charge >= 0.3 is 0 Å². The van der Waals surface area contributed by atoms with E-state index >= 15 is 0 Å². The Balaban J connectivity index is 2.51. The molecule has 0 saturated heterocycles. The molecule has 0 spiro atoms. The minimum Gasteiger partial charge on any atom is -0.353 e. The second kappa shape index (κ2) is 5.53. The number of rotatable bonds is 5. The number of anilines is 1. The lowest BCUT2D eigenvalue weighted by atomic mass is 10.3. The van der Waals surface area contributed by atoms with Crippen molar-refractivity contribution in [1.82, 2.24) is 10.2 Å². The third-order valence-corrected chi connectivity index (χ3v) is 4.00. The lowest BCUT2D eigenvalue weighted by Gasteiger charge is -2.06. The number of thioether (sulfide) groups is 1. The van der Waals surface area contributed by atoms with Gasteiger partial charge < -0.3 is 10.6 Å². The molecule has 6 heteroatoms. The van der Waals surface area contributed by atoms with E-state index in [1.54, 1.807) is 23.1 Å². The second-order valence-corrected chi connectivity index (χ2v) is 5.89. The summed E-state index contributed by atoms with van der Waals surface area (Å²) in [7, 11) is 3.94. The Morgan fingerprint density at radius 3 is 2.71 bits per heavy atom. The highest BCUT2D eigenvalue weighted by molar-refractivity contribution is 8.01. The van der Waals surface area contributed by atoms with Gasteiger partial charge in [0.25, 0.3) is 0 Å². The minimum absolute atomic E-state index is 0.517. The molecule has 14 heavy (non-hydrogen) atoms. The second-order valence-electron chi connectivity index (χ2n) is 3.25. The zero-order chi connectivity index (χ0) is 10.6. The molecule has 4 nitrogen and oxygen atoms in total. The van der Waals surface area contributed by atoms with Gasteiger partial charge in [0, 0.05) is 19.3 Å². The first-order valence-corrected chi connectivity index (χ1v) is 6.20. The maximum atomic E-state index is 5.48. The molecule has 0 aromatic carbocycles. The zero-order valence-corrected chi connectivity index (χ0v) is 10.4. The molecule has 0 amide bonds. The van der Waals surface area contributed by atoms with E-state index in [-0.39, 0.29) is 0 Å². The highest BCUT2D eigenvalue weighted by Gasteiger charge is 2.09. The van der Waals surface area contributed by atoms with Crippen LogP contribution in [0.3, 0.4) is 0 Å². The Hall–Kier alpha value is -0.330. The summed E-state index contributed by atoms with van der Waals surface area (Å²) in [5.41, 5.74) is 5.48. The Morgan fingerprint density at radius 2 is 2.21 bits per heavy atom. The summed E-state index contributed by atoms with van der Waals surface area (Å²) < 4.78 is 1.02. The summed E-state index contributed by atoms with van der Waals surface area (Å²) in [6.07, 6.45) is 1.02. The predicted octanol–water partition coefficient (Wildman–Crippen LogP) is 1.43. The van der Waals surface area contributed by atoms with E-state index in [4.69, 9.17) is 5.73 Å². The molecule has 0 radical (unpaired) electrons. The smallest absolute Gasteiger partial charge is 0.208 e. The quantitative estimate of drug-likeness (QED) is 0.778. The van der Waals surface area contributed by atoms with Crippen LogP contribution in [-0.2, 0) is 0 Å². The van der Waals surface area contributed by atoms with Crippen molar-refractivity contribution in [2.45, 2.75) is 22.9 Å². The third kappa shape index (κ3) is 3.43. The van der Waals surface area contributed by atoms with Crippen LogP contribution in [0.25, 0.3) is 0 Å². The van der Waals surface area contributed by atoms with E-state index in [0.717, 1.165) is 22.4 Å². The first-order valence-electron chi connectivity index (χ1n) is 4.51. The van der Waals surface area contributed by atoms with Crippen LogP contribution in [0.2, 0.25) is 0 Å². The van der Waals surface area contributed by atoms with Gasteiger partial charge in [-0.25, -0.2) is 0 Å². The number of hydrogen-bond donors (Lipinski definition) is 1. The number of aromatic nitrogens is 2. The van der Waals surface area contributed by atoms with Gasteiger partial charge in [-0.1, -0.05) is 30.0 Å². The number of hydrogen-bond acceptors (Lipinski definition) is 6. The summed E-state index contributed by atoms with van der Waals surface area (Å²) in [6.45, 7) is 2.89. The van der Waals surface area contributed by atoms with Crippen LogP contribution < -0.4 is 10.6 Å². The standard InChI is InChI=1S/C8H16N4S2/c1-6(4-5-9)13-8-11-10-7(14-8)12(2)3/h6H,4-5,9H2,1-3H3. The van der Waals surface area contributed by atoms with Crippen molar-refractivity contribution in [3.63, 3.8) is 0 Å². The molecule has 1 heterocycles. The molecule has 1 atom stereocenters. The highest BCUT2D eigenvalue weighted by atomic mass is 32.2. The van der Waals surface area contributed by atoms with Gasteiger partial charge in [-0.05, 0) is 13.0 Å². The number of nitrogens with zero attached hydrogens (tertiary/aromatic N) is 3. The van der Waals surface area contributed by atoms with Crippen LogP contribution in [0.1, 0.15) is 13.3 Å². The van der Waals surface area contributed by atoms with E-state index < -0.39 is 0 Å². The van der Waals surface area contributed by atoms with Crippen molar-refractivity contribution in [3.05, 3.63) is 0 Å². The average molecular weight is 232 g/mol. The molecule has 0 aliphatic rings. The number of nitrogens with two attached hydrogens (primary N) is 1. The summed E-state index contributed by atoms with van der Waals surface area (Å²) in [5, 5.41) is 9.65. The molecular weight excluding hydrogens is 216 g/mol. The van der Waals surface area contributed by atoms with E-state index in [1.165, 1.54) is 0 Å². The Labute approximate surface area is 92.9 Å². The van der Waals surface area contributed by atoms with Crippen molar-refractivity contribution in [2.24, 2.45) is 5.73 Å². The summed E-state index contributed by atoms with van der Waals surface area (Å²) in [6, 6.07) is 0. The molecule has 0 aliphatic heterocycles. The molecular formula is C8H16N4S2. The van der Waals surface area contributed by atoms with E-state index in [1.807, 2.05) is 19.0 Å².